The van der Waals surface area contributed by atoms with Crippen molar-refractivity contribution < 1.29 is 63.8 Å². The Morgan fingerprint density at radius 3 is 2.20 bits per heavy atom. The van der Waals surface area contributed by atoms with E-state index < -0.39 is 72.6 Å². The van der Waals surface area contributed by atoms with E-state index in [0.29, 0.717) is 34.7 Å². The highest BCUT2D eigenvalue weighted by Gasteiger charge is 2.38. The third-order valence-corrected chi connectivity index (χ3v) is 8.63. The number of carboxylic acids is 4. The van der Waals surface area contributed by atoms with Gasteiger partial charge in [-0.3, -0.25) is 14.4 Å². The van der Waals surface area contributed by atoms with Gasteiger partial charge < -0.3 is 56.9 Å². The van der Waals surface area contributed by atoms with Crippen LogP contribution in [0.15, 0.2) is 60.4 Å². The number of rotatable bonds is 17. The standard InChI is InChI=1S/C35H37N5O13S/c41-18-5-8-21-26(14-18)53-27-15-19(42)6-9-22(27)30(21)20-7-4-17(13-23(20)31(46)47)38-35(54)37-16-28(43)36-12-2-1-3-24(32(48)49)39-34(52)40-25(33(50)51)10-11-29(44)45/h4-9,13-15,21,24-25,30,42H,1-3,10-12,16H2,(H,36,43)(H,44,45)(H,46,47)(H,48,49)(H,50,51)(H2,37,38,54)(H2,39,40,52). The van der Waals surface area contributed by atoms with Gasteiger partial charge in [0.2, 0.25) is 5.91 Å². The summed E-state index contributed by atoms with van der Waals surface area (Å²) < 4.78 is 5.90. The Balaban J connectivity index is 1.26. The quantitative estimate of drug-likeness (QED) is 0.0812. The van der Waals surface area contributed by atoms with Crippen molar-refractivity contribution >= 4 is 64.6 Å². The predicted octanol–water partition coefficient (Wildman–Crippen LogP) is 1.90. The molecule has 0 saturated heterocycles. The van der Waals surface area contributed by atoms with Crippen LogP contribution in [-0.2, 0) is 24.0 Å². The summed E-state index contributed by atoms with van der Waals surface area (Å²) in [6.07, 6.45) is 3.99. The summed E-state index contributed by atoms with van der Waals surface area (Å²) >= 11 is 5.29. The highest BCUT2D eigenvalue weighted by molar-refractivity contribution is 7.80. The van der Waals surface area contributed by atoms with Crippen molar-refractivity contribution in [1.29, 1.82) is 0 Å². The van der Waals surface area contributed by atoms with Crippen molar-refractivity contribution in [2.45, 2.75) is 50.1 Å². The maximum Gasteiger partial charge on any atom is 0.336 e. The van der Waals surface area contributed by atoms with Gasteiger partial charge in [-0.05, 0) is 67.7 Å². The van der Waals surface area contributed by atoms with Gasteiger partial charge in [0.05, 0.1) is 12.1 Å². The van der Waals surface area contributed by atoms with Crippen molar-refractivity contribution in [2.75, 3.05) is 18.4 Å². The predicted molar refractivity (Wildman–Crippen MR) is 192 cm³/mol. The number of phenolic OH excluding ortho intramolecular Hbond substituents is 1. The fraction of sp³-hybridized carbons (Fsp3) is 0.314. The highest BCUT2D eigenvalue weighted by Crippen LogP contribution is 2.49. The first-order valence-corrected chi connectivity index (χ1v) is 16.9. The Morgan fingerprint density at radius 2 is 1.54 bits per heavy atom. The molecule has 0 aromatic heterocycles. The van der Waals surface area contributed by atoms with Crippen LogP contribution in [0, 0.1) is 5.92 Å². The summed E-state index contributed by atoms with van der Waals surface area (Å²) in [4.78, 5) is 82.7. The van der Waals surface area contributed by atoms with Crippen molar-refractivity contribution in [3.8, 4) is 11.5 Å². The second-order valence-electron chi connectivity index (χ2n) is 12.2. The summed E-state index contributed by atoms with van der Waals surface area (Å²) in [7, 11) is 0. The molecular weight excluding hydrogens is 730 g/mol. The largest absolute Gasteiger partial charge is 0.508 e. The van der Waals surface area contributed by atoms with Crippen molar-refractivity contribution in [3.05, 3.63) is 77.1 Å². The molecule has 3 amide bonds. The number of unbranched alkanes of at least 4 members (excludes halogenated alkanes) is 1. The lowest BCUT2D eigenvalue weighted by atomic mass is 9.74. The van der Waals surface area contributed by atoms with Crippen LogP contribution in [0.25, 0.3) is 0 Å². The molecule has 2 aromatic carbocycles. The highest BCUT2D eigenvalue weighted by atomic mass is 32.1. The molecule has 1 aliphatic carbocycles. The molecular formula is C35H37N5O13S. The molecule has 4 atom stereocenters. The molecule has 0 spiro atoms. The summed E-state index contributed by atoms with van der Waals surface area (Å²) in [5.74, 6) is -6.59. The number of thiocarbonyl (C=S) groups is 1. The Hall–Kier alpha value is -6.50. The number of fused-ring (bicyclic) bond motifs is 2. The number of aromatic hydroxyl groups is 1. The van der Waals surface area contributed by atoms with Gasteiger partial charge in [0.15, 0.2) is 10.9 Å². The molecule has 286 valence electrons. The van der Waals surface area contributed by atoms with Crippen LogP contribution in [0.5, 0.6) is 11.5 Å². The average Bonchev–Trinajstić information content (AvgIpc) is 3.10. The number of ketones is 1. The molecule has 0 radical (unpaired) electrons. The van der Waals surface area contributed by atoms with E-state index in [9.17, 15) is 48.9 Å². The second kappa shape index (κ2) is 18.3. The lowest BCUT2D eigenvalue weighted by molar-refractivity contribution is -0.141. The average molecular weight is 768 g/mol. The molecule has 1 aliphatic heterocycles. The fourth-order valence-corrected chi connectivity index (χ4v) is 6.02. The first kappa shape index (κ1) is 40.3. The third-order valence-electron chi connectivity index (χ3n) is 8.38. The zero-order chi connectivity index (χ0) is 39.5. The topological polar surface area (TPSA) is 290 Å². The number of benzene rings is 2. The number of amides is 3. The van der Waals surface area contributed by atoms with Crippen LogP contribution in [0.2, 0.25) is 0 Å². The number of hydrogen-bond donors (Lipinski definition) is 10. The van der Waals surface area contributed by atoms with E-state index in [2.05, 4.69) is 21.3 Å². The maximum absolute atomic E-state index is 12.5. The van der Waals surface area contributed by atoms with Gasteiger partial charge >= 0.3 is 29.9 Å². The fourth-order valence-electron chi connectivity index (χ4n) is 5.83. The second-order valence-corrected chi connectivity index (χ2v) is 12.6. The van der Waals surface area contributed by atoms with E-state index >= 15 is 0 Å². The van der Waals surface area contributed by atoms with E-state index in [-0.39, 0.29) is 48.1 Å². The van der Waals surface area contributed by atoms with Gasteiger partial charge in [0.25, 0.3) is 0 Å². The van der Waals surface area contributed by atoms with E-state index in [0.717, 1.165) is 0 Å². The van der Waals surface area contributed by atoms with E-state index in [4.69, 9.17) is 27.2 Å². The number of nitrogens with one attached hydrogen (secondary N) is 5. The summed E-state index contributed by atoms with van der Waals surface area (Å²) in [5.41, 5.74) is 1.29. The smallest absolute Gasteiger partial charge is 0.336 e. The SMILES string of the molecule is O=C1C=CC2C(=C1)Oc1cc(O)ccc1C2c1ccc(NC(=S)NCC(=O)NCCCCC(NC(=O)NC(CCC(=O)O)C(=O)O)C(=O)O)cc1C(=O)O. The molecule has 19 heteroatoms. The van der Waals surface area contributed by atoms with Gasteiger partial charge in [-0.15, -0.1) is 0 Å². The molecule has 0 fully saturated rings. The minimum Gasteiger partial charge on any atom is -0.508 e. The number of carbonyl (C=O) groups is 7. The number of hydrogen-bond acceptors (Lipinski definition) is 10. The monoisotopic (exact) mass is 767 g/mol. The summed E-state index contributed by atoms with van der Waals surface area (Å²) in [6, 6.07) is 5.12. The molecule has 0 saturated carbocycles. The van der Waals surface area contributed by atoms with Crippen LogP contribution >= 0.6 is 12.2 Å². The van der Waals surface area contributed by atoms with Gasteiger partial charge in [-0.2, -0.15) is 0 Å². The van der Waals surface area contributed by atoms with E-state index in [1.165, 1.54) is 30.4 Å². The number of phenols is 1. The zero-order valence-electron chi connectivity index (χ0n) is 28.4. The maximum atomic E-state index is 12.5. The number of allylic oxidation sites excluding steroid dienone is 3. The van der Waals surface area contributed by atoms with Crippen LogP contribution in [0.4, 0.5) is 10.5 Å². The lowest BCUT2D eigenvalue weighted by Gasteiger charge is -2.35. The first-order chi connectivity index (χ1) is 25.6. The van der Waals surface area contributed by atoms with Gasteiger partial charge in [-0.25, -0.2) is 19.2 Å². The molecule has 0 bridgehead atoms. The van der Waals surface area contributed by atoms with Crippen LogP contribution in [-0.4, -0.2) is 97.4 Å². The van der Waals surface area contributed by atoms with Gasteiger partial charge in [0, 0.05) is 48.2 Å². The molecule has 1 heterocycles. The Labute approximate surface area is 312 Å². The number of carboxylic acid groups (broad SMARTS) is 4. The van der Waals surface area contributed by atoms with Crippen LogP contribution in [0.1, 0.15) is 59.5 Å². The van der Waals surface area contributed by atoms with Gasteiger partial charge in [-0.1, -0.05) is 18.2 Å². The zero-order valence-corrected chi connectivity index (χ0v) is 29.2. The first-order valence-electron chi connectivity index (χ1n) is 16.5. The minimum absolute atomic E-state index is 0.0156. The summed E-state index contributed by atoms with van der Waals surface area (Å²) in [5, 5.41) is 60.0. The third kappa shape index (κ3) is 11.0. The number of anilines is 1. The van der Waals surface area contributed by atoms with E-state index in [1.54, 1.807) is 24.3 Å². The number of ether oxygens (including phenoxy) is 1. The van der Waals surface area contributed by atoms with Crippen molar-refractivity contribution in [1.82, 2.24) is 21.3 Å². The van der Waals surface area contributed by atoms with Crippen molar-refractivity contribution in [2.24, 2.45) is 5.92 Å². The van der Waals surface area contributed by atoms with Gasteiger partial charge in [0.1, 0.15) is 29.3 Å². The Kier molecular flexibility index (Phi) is 13.7. The number of aromatic carboxylic acids is 1. The normalized spacial score (nSPS) is 16.5. The molecule has 10 N–H and O–H groups in total. The Bertz CT molecular complexity index is 1910. The Morgan fingerprint density at radius 1 is 0.852 bits per heavy atom. The molecule has 18 nitrogen and oxygen atoms in total. The number of urea groups is 1. The number of carbonyl (C=O) groups excluding carboxylic acids is 3. The summed E-state index contributed by atoms with van der Waals surface area (Å²) in [6.45, 7) is -0.107. The molecule has 4 unspecified atom stereocenters. The molecule has 4 rings (SSSR count). The molecule has 2 aliphatic rings. The lowest BCUT2D eigenvalue weighted by Crippen LogP contribution is -2.51. The number of aliphatic carboxylic acids is 3. The van der Waals surface area contributed by atoms with E-state index in [1.807, 2.05) is 5.32 Å². The minimum atomic E-state index is -1.53. The van der Waals surface area contributed by atoms with Crippen LogP contribution in [0.3, 0.4) is 0 Å². The van der Waals surface area contributed by atoms with Crippen molar-refractivity contribution in [3.63, 3.8) is 0 Å². The van der Waals surface area contributed by atoms with Crippen LogP contribution < -0.4 is 31.3 Å². The molecule has 54 heavy (non-hydrogen) atoms. The molecule has 2 aromatic rings.